The van der Waals surface area contributed by atoms with E-state index in [2.05, 4.69) is 12.0 Å². The van der Waals surface area contributed by atoms with Gasteiger partial charge in [-0.2, -0.15) is 0 Å². The van der Waals surface area contributed by atoms with E-state index in [-0.39, 0.29) is 5.91 Å². The van der Waals surface area contributed by atoms with Crippen LogP contribution in [0.4, 0.5) is 0 Å². The number of hydrogen-bond donors (Lipinski definition) is 2. The Balaban J connectivity index is 2.34. The molecule has 1 saturated heterocycles. The molecule has 14 heavy (non-hydrogen) atoms. The van der Waals surface area contributed by atoms with Gasteiger partial charge in [-0.3, -0.25) is 9.80 Å². The van der Waals surface area contributed by atoms with Crippen LogP contribution in [0.5, 0.6) is 0 Å². The van der Waals surface area contributed by atoms with Gasteiger partial charge in [-0.25, -0.2) is 5.43 Å². The molecule has 0 aromatic heterocycles. The highest BCUT2D eigenvalue weighted by atomic mass is 16.2. The number of nitrogens with one attached hydrogen (secondary N) is 1. The number of hydrazine groups is 1. The van der Waals surface area contributed by atoms with Crippen molar-refractivity contribution in [2.75, 3.05) is 13.1 Å². The van der Waals surface area contributed by atoms with E-state index < -0.39 is 6.04 Å². The number of hydrogen-bond acceptors (Lipinski definition) is 3. The lowest BCUT2D eigenvalue weighted by Gasteiger charge is -2.29. The highest BCUT2D eigenvalue weighted by Crippen LogP contribution is 2.04. The number of amides is 1. The molecular formula is C10H19N3O. The SMILES string of the molecule is C=CCCC(N)C(=O)N1CCCCN1. The molecule has 0 saturated carbocycles. The maximum absolute atomic E-state index is 11.7. The fourth-order valence-corrected chi connectivity index (χ4v) is 1.50. The van der Waals surface area contributed by atoms with Crippen LogP contribution >= 0.6 is 0 Å². The highest BCUT2D eigenvalue weighted by molar-refractivity contribution is 5.81. The average molecular weight is 197 g/mol. The van der Waals surface area contributed by atoms with Gasteiger partial charge in [0.05, 0.1) is 6.04 Å². The molecule has 0 aromatic carbocycles. The smallest absolute Gasteiger partial charge is 0.253 e. The van der Waals surface area contributed by atoms with Crippen molar-refractivity contribution in [3.05, 3.63) is 12.7 Å². The number of nitrogens with two attached hydrogens (primary N) is 1. The fraction of sp³-hybridized carbons (Fsp3) is 0.700. The molecule has 0 spiro atoms. The summed E-state index contributed by atoms with van der Waals surface area (Å²) in [5, 5.41) is 1.65. The Morgan fingerprint density at radius 2 is 2.43 bits per heavy atom. The predicted molar refractivity (Wildman–Crippen MR) is 56.4 cm³/mol. The molecule has 1 fully saturated rings. The Labute approximate surface area is 85.1 Å². The fourth-order valence-electron chi connectivity index (χ4n) is 1.50. The van der Waals surface area contributed by atoms with Crippen LogP contribution in [0.1, 0.15) is 25.7 Å². The molecule has 1 heterocycles. The largest absolute Gasteiger partial charge is 0.320 e. The van der Waals surface area contributed by atoms with Crippen molar-refractivity contribution in [2.45, 2.75) is 31.7 Å². The minimum absolute atomic E-state index is 0.00606. The number of carbonyl (C=O) groups excluding carboxylic acids is 1. The number of rotatable bonds is 4. The lowest BCUT2D eigenvalue weighted by Crippen LogP contribution is -2.53. The van der Waals surface area contributed by atoms with Gasteiger partial charge in [-0.15, -0.1) is 6.58 Å². The Bertz CT molecular complexity index is 200. The van der Waals surface area contributed by atoms with Crippen LogP contribution in [-0.2, 0) is 4.79 Å². The first kappa shape index (κ1) is 11.2. The highest BCUT2D eigenvalue weighted by Gasteiger charge is 2.21. The van der Waals surface area contributed by atoms with Crippen LogP contribution in [0.3, 0.4) is 0 Å². The predicted octanol–water partition coefficient (Wildman–Crippen LogP) is 0.407. The molecule has 1 unspecified atom stereocenters. The Morgan fingerprint density at radius 1 is 1.64 bits per heavy atom. The summed E-state index contributed by atoms with van der Waals surface area (Å²) in [4.78, 5) is 11.7. The third-order valence-corrected chi connectivity index (χ3v) is 2.38. The van der Waals surface area contributed by atoms with Crippen LogP contribution < -0.4 is 11.2 Å². The summed E-state index contributed by atoms with van der Waals surface area (Å²) < 4.78 is 0. The van der Waals surface area contributed by atoms with Crippen molar-refractivity contribution in [1.29, 1.82) is 0 Å². The van der Waals surface area contributed by atoms with Crippen LogP contribution in [0, 0.1) is 0 Å². The average Bonchev–Trinajstić information content (AvgIpc) is 2.26. The minimum atomic E-state index is -0.390. The minimum Gasteiger partial charge on any atom is -0.320 e. The molecule has 4 heteroatoms. The van der Waals surface area contributed by atoms with Crippen LogP contribution in [-0.4, -0.2) is 30.0 Å². The number of allylic oxidation sites excluding steroid dienone is 1. The molecule has 3 N–H and O–H groups in total. The molecule has 1 rings (SSSR count). The van der Waals surface area contributed by atoms with E-state index >= 15 is 0 Å². The second-order valence-corrected chi connectivity index (χ2v) is 3.58. The summed E-state index contributed by atoms with van der Waals surface area (Å²) >= 11 is 0. The van der Waals surface area contributed by atoms with Crippen molar-refractivity contribution in [3.8, 4) is 0 Å². The van der Waals surface area contributed by atoms with E-state index in [0.29, 0.717) is 6.42 Å². The molecule has 4 nitrogen and oxygen atoms in total. The van der Waals surface area contributed by atoms with Gasteiger partial charge in [-0.05, 0) is 25.7 Å². The zero-order chi connectivity index (χ0) is 10.4. The molecule has 0 bridgehead atoms. The first-order chi connectivity index (χ1) is 6.75. The first-order valence-electron chi connectivity index (χ1n) is 5.17. The zero-order valence-electron chi connectivity index (χ0n) is 8.54. The molecule has 1 amide bonds. The summed E-state index contributed by atoms with van der Waals surface area (Å²) in [6.07, 6.45) is 5.45. The summed E-state index contributed by atoms with van der Waals surface area (Å²) in [7, 11) is 0. The van der Waals surface area contributed by atoms with E-state index in [4.69, 9.17) is 5.73 Å². The summed E-state index contributed by atoms with van der Waals surface area (Å²) in [6.45, 7) is 5.26. The van der Waals surface area contributed by atoms with Gasteiger partial charge < -0.3 is 5.73 Å². The van der Waals surface area contributed by atoms with Gasteiger partial charge in [0.1, 0.15) is 0 Å². The van der Waals surface area contributed by atoms with Crippen molar-refractivity contribution < 1.29 is 4.79 Å². The third kappa shape index (κ3) is 3.12. The van der Waals surface area contributed by atoms with Crippen LogP contribution in [0.2, 0.25) is 0 Å². The second kappa shape index (κ2) is 5.78. The molecular weight excluding hydrogens is 178 g/mol. The summed E-state index contributed by atoms with van der Waals surface area (Å²) in [5.41, 5.74) is 8.81. The summed E-state index contributed by atoms with van der Waals surface area (Å²) in [6, 6.07) is -0.390. The molecule has 1 atom stereocenters. The second-order valence-electron chi connectivity index (χ2n) is 3.58. The molecule has 0 radical (unpaired) electrons. The molecule has 0 aliphatic carbocycles. The quantitative estimate of drug-likeness (QED) is 0.642. The molecule has 1 aliphatic heterocycles. The molecule has 0 aromatic rings. The zero-order valence-corrected chi connectivity index (χ0v) is 8.54. The standard InChI is InChI=1S/C10H19N3O/c1-2-3-6-9(11)10(14)13-8-5-4-7-12-13/h2,9,12H,1,3-8,11H2. The monoisotopic (exact) mass is 197 g/mol. The Hall–Kier alpha value is -0.870. The van der Waals surface area contributed by atoms with Gasteiger partial charge in [0.25, 0.3) is 5.91 Å². The van der Waals surface area contributed by atoms with E-state index in [1.165, 1.54) is 0 Å². The Morgan fingerprint density at radius 3 is 3.00 bits per heavy atom. The van der Waals surface area contributed by atoms with Crippen LogP contribution in [0.25, 0.3) is 0 Å². The van der Waals surface area contributed by atoms with Crippen molar-refractivity contribution in [3.63, 3.8) is 0 Å². The topological polar surface area (TPSA) is 58.4 Å². The van der Waals surface area contributed by atoms with Crippen molar-refractivity contribution >= 4 is 5.91 Å². The maximum atomic E-state index is 11.7. The van der Waals surface area contributed by atoms with Gasteiger partial charge in [0.15, 0.2) is 0 Å². The van der Waals surface area contributed by atoms with Gasteiger partial charge in [-0.1, -0.05) is 6.08 Å². The maximum Gasteiger partial charge on any atom is 0.253 e. The third-order valence-electron chi connectivity index (χ3n) is 2.38. The number of nitrogens with zero attached hydrogens (tertiary/aromatic N) is 1. The Kier molecular flexibility index (Phi) is 4.62. The van der Waals surface area contributed by atoms with E-state index in [1.54, 1.807) is 11.1 Å². The van der Waals surface area contributed by atoms with E-state index in [1.807, 2.05) is 0 Å². The number of carbonyl (C=O) groups is 1. The van der Waals surface area contributed by atoms with E-state index in [0.717, 1.165) is 32.4 Å². The van der Waals surface area contributed by atoms with E-state index in [9.17, 15) is 4.79 Å². The van der Waals surface area contributed by atoms with Gasteiger partial charge in [0.2, 0.25) is 0 Å². The summed E-state index contributed by atoms with van der Waals surface area (Å²) in [5.74, 6) is 0.00606. The van der Waals surface area contributed by atoms with Crippen molar-refractivity contribution in [1.82, 2.24) is 10.4 Å². The van der Waals surface area contributed by atoms with Crippen LogP contribution in [0.15, 0.2) is 12.7 Å². The normalized spacial score (nSPS) is 19.1. The molecule has 80 valence electrons. The lowest BCUT2D eigenvalue weighted by molar-refractivity contribution is -0.137. The molecule has 1 aliphatic rings. The first-order valence-corrected chi connectivity index (χ1v) is 5.17. The lowest BCUT2D eigenvalue weighted by atomic mass is 10.1. The van der Waals surface area contributed by atoms with Crippen molar-refractivity contribution in [2.24, 2.45) is 5.73 Å². The van der Waals surface area contributed by atoms with Gasteiger partial charge >= 0.3 is 0 Å². The van der Waals surface area contributed by atoms with Gasteiger partial charge in [0, 0.05) is 13.1 Å².